The zero-order chi connectivity index (χ0) is 17.9. The standard InChI is InChI=1S/C18H15N5OS2/c1-12-19-8-9-23(12)16-7-6-13(10-20-16)21-17(24)11-25-18-22-14-4-2-3-5-15(14)26-18/h2-10H,11H2,1H3,(H,21,24). The summed E-state index contributed by atoms with van der Waals surface area (Å²) in [6, 6.07) is 11.7. The van der Waals surface area contributed by atoms with Crippen molar-refractivity contribution in [3.63, 3.8) is 0 Å². The second-order valence-electron chi connectivity index (χ2n) is 5.53. The summed E-state index contributed by atoms with van der Waals surface area (Å²) in [5, 5.41) is 2.86. The first-order valence-electron chi connectivity index (χ1n) is 7.94. The molecule has 0 saturated carbocycles. The fraction of sp³-hybridized carbons (Fsp3) is 0.111. The van der Waals surface area contributed by atoms with Gasteiger partial charge in [-0.05, 0) is 31.2 Å². The van der Waals surface area contributed by atoms with Gasteiger partial charge in [-0.25, -0.2) is 15.0 Å². The van der Waals surface area contributed by atoms with Gasteiger partial charge in [0.05, 0.1) is 27.9 Å². The third-order valence-electron chi connectivity index (χ3n) is 3.71. The van der Waals surface area contributed by atoms with Gasteiger partial charge in [-0.15, -0.1) is 11.3 Å². The van der Waals surface area contributed by atoms with E-state index < -0.39 is 0 Å². The molecule has 0 fully saturated rings. The van der Waals surface area contributed by atoms with Crippen LogP contribution < -0.4 is 5.32 Å². The molecule has 0 spiro atoms. The number of carbonyl (C=O) groups excluding carboxylic acids is 1. The number of anilines is 1. The van der Waals surface area contributed by atoms with Crippen molar-refractivity contribution < 1.29 is 4.79 Å². The Hall–Kier alpha value is -2.71. The van der Waals surface area contributed by atoms with Crippen molar-refractivity contribution in [3.8, 4) is 5.82 Å². The van der Waals surface area contributed by atoms with Gasteiger partial charge in [-0.1, -0.05) is 23.9 Å². The van der Waals surface area contributed by atoms with Crippen LogP contribution in [0.25, 0.3) is 16.0 Å². The predicted molar refractivity (Wildman–Crippen MR) is 105 cm³/mol. The van der Waals surface area contributed by atoms with Gasteiger partial charge in [0.15, 0.2) is 4.34 Å². The van der Waals surface area contributed by atoms with E-state index in [1.165, 1.54) is 11.8 Å². The van der Waals surface area contributed by atoms with Gasteiger partial charge in [-0.3, -0.25) is 9.36 Å². The van der Waals surface area contributed by atoms with Crippen LogP contribution in [0.3, 0.4) is 0 Å². The predicted octanol–water partition coefficient (Wildman–Crippen LogP) is 3.92. The van der Waals surface area contributed by atoms with Crippen LogP contribution in [0.4, 0.5) is 5.69 Å². The Balaban J connectivity index is 1.36. The normalized spacial score (nSPS) is 11.0. The molecule has 1 N–H and O–H groups in total. The quantitative estimate of drug-likeness (QED) is 0.531. The lowest BCUT2D eigenvalue weighted by atomic mass is 10.3. The molecule has 26 heavy (non-hydrogen) atoms. The van der Waals surface area contributed by atoms with Crippen molar-refractivity contribution in [3.05, 3.63) is 60.8 Å². The third kappa shape index (κ3) is 3.61. The Bertz CT molecular complexity index is 1020. The second kappa shape index (κ2) is 7.27. The van der Waals surface area contributed by atoms with Crippen molar-refractivity contribution >= 4 is 44.9 Å². The van der Waals surface area contributed by atoms with Crippen LogP contribution in [-0.2, 0) is 4.79 Å². The summed E-state index contributed by atoms with van der Waals surface area (Å²) >= 11 is 3.04. The van der Waals surface area contributed by atoms with E-state index >= 15 is 0 Å². The molecule has 0 aliphatic heterocycles. The number of thioether (sulfide) groups is 1. The molecule has 0 aliphatic carbocycles. The minimum absolute atomic E-state index is 0.0809. The highest BCUT2D eigenvalue weighted by Crippen LogP contribution is 2.29. The maximum atomic E-state index is 12.2. The zero-order valence-corrected chi connectivity index (χ0v) is 15.5. The number of benzene rings is 1. The number of amides is 1. The molecule has 3 heterocycles. The van der Waals surface area contributed by atoms with Crippen LogP contribution in [-0.4, -0.2) is 31.2 Å². The molecule has 8 heteroatoms. The van der Waals surface area contributed by atoms with Crippen LogP contribution in [0.1, 0.15) is 5.82 Å². The molecule has 1 amide bonds. The maximum Gasteiger partial charge on any atom is 0.234 e. The lowest BCUT2D eigenvalue weighted by Crippen LogP contribution is -2.14. The Kier molecular flexibility index (Phi) is 4.68. The Labute approximate surface area is 158 Å². The van der Waals surface area contributed by atoms with E-state index in [0.29, 0.717) is 11.4 Å². The molecule has 0 radical (unpaired) electrons. The number of aryl methyl sites for hydroxylation is 1. The van der Waals surface area contributed by atoms with Crippen LogP contribution in [0.15, 0.2) is 59.3 Å². The summed E-state index contributed by atoms with van der Waals surface area (Å²) < 4.78 is 3.91. The van der Waals surface area contributed by atoms with Crippen LogP contribution in [0.2, 0.25) is 0 Å². The highest BCUT2D eigenvalue weighted by Gasteiger charge is 2.09. The first kappa shape index (κ1) is 16.7. The first-order chi connectivity index (χ1) is 12.7. The number of pyridine rings is 1. The number of para-hydroxylation sites is 1. The summed E-state index contributed by atoms with van der Waals surface area (Å²) in [5.41, 5.74) is 1.64. The van der Waals surface area contributed by atoms with Crippen molar-refractivity contribution in [2.45, 2.75) is 11.3 Å². The van der Waals surface area contributed by atoms with Crippen LogP contribution in [0.5, 0.6) is 0 Å². The van der Waals surface area contributed by atoms with Crippen molar-refractivity contribution in [2.75, 3.05) is 11.1 Å². The third-order valence-corrected chi connectivity index (χ3v) is 5.88. The van der Waals surface area contributed by atoms with Crippen LogP contribution >= 0.6 is 23.1 Å². The fourth-order valence-corrected chi connectivity index (χ4v) is 4.33. The summed E-state index contributed by atoms with van der Waals surface area (Å²) in [4.78, 5) is 25.2. The van der Waals surface area contributed by atoms with Gasteiger partial charge in [-0.2, -0.15) is 0 Å². The number of hydrogen-bond acceptors (Lipinski definition) is 6. The molecular weight excluding hydrogens is 366 g/mol. The van der Waals surface area contributed by atoms with E-state index in [1.54, 1.807) is 23.7 Å². The molecule has 6 nitrogen and oxygen atoms in total. The van der Waals surface area contributed by atoms with E-state index in [4.69, 9.17) is 0 Å². The molecule has 130 valence electrons. The number of carbonyl (C=O) groups is 1. The summed E-state index contributed by atoms with van der Waals surface area (Å²) in [6.45, 7) is 1.91. The van der Waals surface area contributed by atoms with E-state index in [2.05, 4.69) is 20.3 Å². The van der Waals surface area contributed by atoms with Gasteiger partial charge >= 0.3 is 0 Å². The summed E-state index contributed by atoms with van der Waals surface area (Å²) in [7, 11) is 0. The second-order valence-corrected chi connectivity index (χ2v) is 7.79. The van der Waals surface area contributed by atoms with E-state index in [-0.39, 0.29) is 5.91 Å². The number of hydrogen-bond donors (Lipinski definition) is 1. The van der Waals surface area contributed by atoms with Gasteiger partial charge in [0, 0.05) is 12.4 Å². The minimum Gasteiger partial charge on any atom is -0.324 e. The molecule has 4 rings (SSSR count). The maximum absolute atomic E-state index is 12.2. The van der Waals surface area contributed by atoms with Crippen molar-refractivity contribution in [1.29, 1.82) is 0 Å². The number of thiazole rings is 1. The van der Waals surface area contributed by atoms with E-state index in [9.17, 15) is 4.79 Å². The molecule has 0 unspecified atom stereocenters. The van der Waals surface area contributed by atoms with Gasteiger partial charge < -0.3 is 5.32 Å². The van der Waals surface area contributed by atoms with Crippen molar-refractivity contribution in [1.82, 2.24) is 19.5 Å². The van der Waals surface area contributed by atoms with Gasteiger partial charge in [0.25, 0.3) is 0 Å². The first-order valence-corrected chi connectivity index (χ1v) is 9.74. The molecule has 0 aliphatic rings. The fourth-order valence-electron chi connectivity index (χ4n) is 2.46. The van der Waals surface area contributed by atoms with Gasteiger partial charge in [0.1, 0.15) is 11.6 Å². The molecule has 4 aromatic rings. The highest BCUT2D eigenvalue weighted by molar-refractivity contribution is 8.01. The van der Waals surface area contributed by atoms with Gasteiger partial charge in [0.2, 0.25) is 5.91 Å². The molecule has 1 aromatic carbocycles. The summed E-state index contributed by atoms with van der Waals surface area (Å²) in [6.07, 6.45) is 5.23. The average molecular weight is 381 g/mol. The van der Waals surface area contributed by atoms with E-state index in [0.717, 1.165) is 26.2 Å². The number of imidazole rings is 1. The number of rotatable bonds is 5. The topological polar surface area (TPSA) is 72.7 Å². The Morgan fingerprint density at radius 3 is 2.85 bits per heavy atom. The Morgan fingerprint density at radius 2 is 2.12 bits per heavy atom. The lowest BCUT2D eigenvalue weighted by Gasteiger charge is -2.07. The number of nitrogens with zero attached hydrogens (tertiary/aromatic N) is 4. The lowest BCUT2D eigenvalue weighted by molar-refractivity contribution is -0.113. The van der Waals surface area contributed by atoms with Crippen molar-refractivity contribution in [2.24, 2.45) is 0 Å². The SMILES string of the molecule is Cc1nccn1-c1ccc(NC(=O)CSc2nc3ccccc3s2)cn1. The molecule has 0 saturated heterocycles. The smallest absolute Gasteiger partial charge is 0.234 e. The van der Waals surface area contributed by atoms with E-state index in [1.807, 2.05) is 54.1 Å². The molecular formula is C18H15N5OS2. The monoisotopic (exact) mass is 381 g/mol. The molecule has 0 atom stereocenters. The largest absolute Gasteiger partial charge is 0.324 e. The van der Waals surface area contributed by atoms with Crippen LogP contribution in [0, 0.1) is 6.92 Å². The number of aromatic nitrogens is 4. The number of fused-ring (bicyclic) bond motifs is 1. The highest BCUT2D eigenvalue weighted by atomic mass is 32.2. The Morgan fingerprint density at radius 1 is 1.23 bits per heavy atom. The molecule has 0 bridgehead atoms. The number of nitrogens with one attached hydrogen (secondary N) is 1. The summed E-state index contributed by atoms with van der Waals surface area (Å²) in [5.74, 6) is 1.85. The average Bonchev–Trinajstić information content (AvgIpc) is 3.26. The molecule has 3 aromatic heterocycles. The minimum atomic E-state index is -0.0809. The zero-order valence-electron chi connectivity index (χ0n) is 13.9.